The largest absolute Gasteiger partial charge is 0.488 e. The zero-order chi connectivity index (χ0) is 35.6. The van der Waals surface area contributed by atoms with Gasteiger partial charge in [0.05, 0.1) is 0 Å². The summed E-state index contributed by atoms with van der Waals surface area (Å²) in [6.07, 6.45) is 2.01. The van der Waals surface area contributed by atoms with Crippen LogP contribution in [0, 0.1) is 0 Å². The summed E-state index contributed by atoms with van der Waals surface area (Å²) in [5, 5.41) is 0. The fraction of sp³-hybridized carbons (Fsp3) is 0.283. The number of rotatable bonds is 10. The molecule has 0 aliphatic rings. The highest BCUT2D eigenvalue weighted by Crippen LogP contribution is 2.39. The van der Waals surface area contributed by atoms with Crippen molar-refractivity contribution in [2.75, 3.05) is 0 Å². The average Bonchev–Trinajstić information content (AvgIpc) is 3.07. The molecule has 0 bridgehead atoms. The van der Waals surface area contributed by atoms with E-state index in [1.807, 2.05) is 66.7 Å². The van der Waals surface area contributed by atoms with Gasteiger partial charge in [-0.25, -0.2) is 0 Å². The molecule has 1 atom stereocenters. The average molecular weight is 651 g/mol. The van der Waals surface area contributed by atoms with Crippen molar-refractivity contribution < 1.29 is 14.3 Å². The van der Waals surface area contributed by atoms with Crippen LogP contribution in [-0.2, 0) is 16.2 Å². The third-order valence-electron chi connectivity index (χ3n) is 9.41. The molecule has 0 aliphatic heterocycles. The Morgan fingerprint density at radius 2 is 0.980 bits per heavy atom. The van der Waals surface area contributed by atoms with Crippen LogP contribution in [0.1, 0.15) is 106 Å². The molecule has 0 spiro atoms. The number of carbonyl (C=O) groups excluding carboxylic acids is 1. The van der Waals surface area contributed by atoms with Crippen molar-refractivity contribution >= 4 is 5.78 Å². The molecule has 5 rings (SSSR count). The van der Waals surface area contributed by atoms with Gasteiger partial charge in [0.25, 0.3) is 0 Å². The van der Waals surface area contributed by atoms with Crippen LogP contribution < -0.4 is 9.47 Å². The van der Waals surface area contributed by atoms with Crippen LogP contribution in [0.15, 0.2) is 134 Å². The molecular formula is C46H50O3. The van der Waals surface area contributed by atoms with Crippen molar-refractivity contribution in [3.05, 3.63) is 173 Å². The standard InChI is InChI=1S/C46H50O3/c1-11-46(10,38-14-12-13-37(31-38)45(8,9)35-21-29-41(30-22-35)49-44(5,6)7)36-23-27-40(28-24-36)48-39-25-17-33(18-26-39)42(47)32-15-19-34(20-16-32)43(2,3)4/h11-31H,1H2,2-10H3. The van der Waals surface area contributed by atoms with E-state index in [0.29, 0.717) is 16.9 Å². The van der Waals surface area contributed by atoms with Crippen LogP contribution >= 0.6 is 0 Å². The topological polar surface area (TPSA) is 35.5 Å². The van der Waals surface area contributed by atoms with E-state index >= 15 is 0 Å². The van der Waals surface area contributed by atoms with Crippen molar-refractivity contribution in [2.45, 2.75) is 84.2 Å². The SMILES string of the molecule is C=CC(C)(c1ccc(Oc2ccc(C(=O)c3ccc(C(C)(C)C)cc3)cc2)cc1)c1cccc(C(C)(C)c2ccc(OC(C)(C)C)cc2)c1. The lowest BCUT2D eigenvalue weighted by molar-refractivity contribution is 0.103. The Morgan fingerprint density at radius 1 is 0.531 bits per heavy atom. The molecule has 3 heteroatoms. The Bertz CT molecular complexity index is 1900. The maximum Gasteiger partial charge on any atom is 0.193 e. The van der Waals surface area contributed by atoms with Gasteiger partial charge in [-0.15, -0.1) is 6.58 Å². The molecule has 0 N–H and O–H groups in total. The van der Waals surface area contributed by atoms with E-state index in [1.54, 1.807) is 0 Å². The monoisotopic (exact) mass is 650 g/mol. The zero-order valence-corrected chi connectivity index (χ0v) is 30.6. The Labute approximate surface area is 293 Å². The smallest absolute Gasteiger partial charge is 0.193 e. The first-order chi connectivity index (χ1) is 23.0. The van der Waals surface area contributed by atoms with Crippen molar-refractivity contribution in [2.24, 2.45) is 0 Å². The highest BCUT2D eigenvalue weighted by atomic mass is 16.5. The molecule has 1 unspecified atom stereocenters. The van der Waals surface area contributed by atoms with E-state index in [0.717, 1.165) is 17.1 Å². The molecule has 252 valence electrons. The Balaban J connectivity index is 1.30. The normalized spacial score (nSPS) is 13.3. The second kappa shape index (κ2) is 13.6. The molecule has 3 nitrogen and oxygen atoms in total. The van der Waals surface area contributed by atoms with E-state index < -0.39 is 5.41 Å². The number of ether oxygens (including phenoxy) is 2. The minimum Gasteiger partial charge on any atom is -0.488 e. The van der Waals surface area contributed by atoms with E-state index in [-0.39, 0.29) is 22.2 Å². The number of allylic oxidation sites excluding steroid dienone is 1. The molecule has 0 radical (unpaired) electrons. The predicted molar refractivity (Wildman–Crippen MR) is 204 cm³/mol. The highest BCUT2D eigenvalue weighted by Gasteiger charge is 2.29. The number of ketones is 1. The summed E-state index contributed by atoms with van der Waals surface area (Å²) >= 11 is 0. The van der Waals surface area contributed by atoms with Gasteiger partial charge < -0.3 is 9.47 Å². The fourth-order valence-electron chi connectivity index (χ4n) is 6.06. The minimum atomic E-state index is -0.415. The van der Waals surface area contributed by atoms with E-state index in [9.17, 15) is 4.79 Å². The Kier molecular flexibility index (Phi) is 9.79. The molecule has 0 amide bonds. The molecule has 49 heavy (non-hydrogen) atoms. The van der Waals surface area contributed by atoms with Gasteiger partial charge >= 0.3 is 0 Å². The van der Waals surface area contributed by atoms with Crippen molar-refractivity contribution in [3.8, 4) is 17.2 Å². The number of hydrogen-bond acceptors (Lipinski definition) is 3. The molecule has 0 saturated carbocycles. The number of hydrogen-bond donors (Lipinski definition) is 0. The van der Waals surface area contributed by atoms with Crippen molar-refractivity contribution in [1.29, 1.82) is 0 Å². The quantitative estimate of drug-likeness (QED) is 0.111. The van der Waals surface area contributed by atoms with Crippen molar-refractivity contribution in [1.82, 2.24) is 0 Å². The van der Waals surface area contributed by atoms with Crippen LogP contribution in [0.3, 0.4) is 0 Å². The maximum atomic E-state index is 13.1. The summed E-state index contributed by atoms with van der Waals surface area (Å²) in [5.74, 6) is 2.26. The van der Waals surface area contributed by atoms with Crippen LogP contribution in [0.25, 0.3) is 0 Å². The van der Waals surface area contributed by atoms with E-state index in [2.05, 4.69) is 130 Å². The van der Waals surface area contributed by atoms with E-state index in [1.165, 1.54) is 22.3 Å². The summed E-state index contributed by atoms with van der Waals surface area (Å²) in [5.41, 5.74) is 6.42. The Hall–Kier alpha value is -4.89. The molecule has 0 aliphatic carbocycles. The van der Waals surface area contributed by atoms with E-state index in [4.69, 9.17) is 9.47 Å². The molecular weight excluding hydrogens is 601 g/mol. The van der Waals surface area contributed by atoms with Gasteiger partial charge in [0, 0.05) is 22.0 Å². The third kappa shape index (κ3) is 8.05. The summed E-state index contributed by atoms with van der Waals surface area (Å²) in [4.78, 5) is 13.1. The third-order valence-corrected chi connectivity index (χ3v) is 9.41. The summed E-state index contributed by atoms with van der Waals surface area (Å²) in [7, 11) is 0. The van der Waals surface area contributed by atoms with Gasteiger partial charge in [-0.05, 0) is 109 Å². The van der Waals surface area contributed by atoms with Crippen LogP contribution in [0.2, 0.25) is 0 Å². The maximum absolute atomic E-state index is 13.1. The van der Waals surface area contributed by atoms with Gasteiger partial charge in [0.1, 0.15) is 22.8 Å². The minimum absolute atomic E-state index is 0.00358. The molecule has 0 heterocycles. The molecule has 5 aromatic carbocycles. The van der Waals surface area contributed by atoms with Crippen LogP contribution in [0.4, 0.5) is 0 Å². The van der Waals surface area contributed by atoms with Gasteiger partial charge in [0.2, 0.25) is 0 Å². The summed E-state index contributed by atoms with van der Waals surface area (Å²) in [6.45, 7) is 23.7. The molecule has 0 saturated heterocycles. The molecule has 0 fully saturated rings. The highest BCUT2D eigenvalue weighted by molar-refractivity contribution is 6.09. The first-order valence-electron chi connectivity index (χ1n) is 17.1. The lowest BCUT2D eigenvalue weighted by Gasteiger charge is -2.31. The second-order valence-electron chi connectivity index (χ2n) is 15.7. The summed E-state index contributed by atoms with van der Waals surface area (Å²) < 4.78 is 12.2. The second-order valence-corrected chi connectivity index (χ2v) is 15.7. The Morgan fingerprint density at radius 3 is 1.49 bits per heavy atom. The summed E-state index contributed by atoms with van der Waals surface area (Å²) in [6, 6.07) is 40.6. The zero-order valence-electron chi connectivity index (χ0n) is 30.6. The van der Waals surface area contributed by atoms with Gasteiger partial charge in [-0.1, -0.05) is 113 Å². The van der Waals surface area contributed by atoms with Crippen LogP contribution in [-0.4, -0.2) is 11.4 Å². The fourth-order valence-corrected chi connectivity index (χ4v) is 6.06. The van der Waals surface area contributed by atoms with Gasteiger partial charge in [-0.3, -0.25) is 4.79 Å². The molecule has 5 aromatic rings. The van der Waals surface area contributed by atoms with Crippen LogP contribution in [0.5, 0.6) is 17.2 Å². The first-order valence-corrected chi connectivity index (χ1v) is 17.1. The lowest BCUT2D eigenvalue weighted by Crippen LogP contribution is -2.24. The number of carbonyl (C=O) groups is 1. The lowest BCUT2D eigenvalue weighted by atomic mass is 9.72. The molecule has 0 aromatic heterocycles. The predicted octanol–water partition coefficient (Wildman–Crippen LogP) is 12.0. The van der Waals surface area contributed by atoms with Gasteiger partial charge in [0.15, 0.2) is 5.78 Å². The van der Waals surface area contributed by atoms with Crippen molar-refractivity contribution in [3.63, 3.8) is 0 Å². The first kappa shape index (κ1) is 35.4. The van der Waals surface area contributed by atoms with Gasteiger partial charge in [-0.2, -0.15) is 0 Å². The number of benzene rings is 5.